The van der Waals surface area contributed by atoms with Crippen LogP contribution in [0.4, 0.5) is 17.1 Å². The Bertz CT molecular complexity index is 1090. The molecule has 0 spiro atoms. The Kier molecular flexibility index (Phi) is 5.20. The van der Waals surface area contributed by atoms with Crippen molar-refractivity contribution in [3.63, 3.8) is 0 Å². The highest BCUT2D eigenvalue weighted by Crippen LogP contribution is 2.27. The van der Waals surface area contributed by atoms with Crippen molar-refractivity contribution < 1.29 is 9.53 Å². The molecule has 1 amide bonds. The molecular weight excluding hydrogens is 366 g/mol. The number of nitrogens with zero attached hydrogens (tertiary/aromatic N) is 3. The van der Waals surface area contributed by atoms with Crippen molar-refractivity contribution in [2.24, 2.45) is 0 Å². The highest BCUT2D eigenvalue weighted by molar-refractivity contribution is 6.06. The zero-order chi connectivity index (χ0) is 20.1. The first-order valence-electron chi connectivity index (χ1n) is 8.99. The second-order valence-corrected chi connectivity index (χ2v) is 6.24. The third-order valence-electron chi connectivity index (χ3n) is 4.36. The molecule has 0 aliphatic rings. The van der Waals surface area contributed by atoms with Crippen LogP contribution in [0.1, 0.15) is 10.4 Å². The number of anilines is 3. The van der Waals surface area contributed by atoms with Crippen molar-refractivity contribution in [1.82, 2.24) is 14.8 Å². The number of hydrogen-bond acceptors (Lipinski definition) is 5. The number of ether oxygens (including phenoxy) is 1. The molecule has 4 rings (SSSR count). The summed E-state index contributed by atoms with van der Waals surface area (Å²) in [7, 11) is 1.63. The molecule has 2 N–H and O–H groups in total. The summed E-state index contributed by atoms with van der Waals surface area (Å²) in [6, 6.07) is 22.3. The van der Waals surface area contributed by atoms with Crippen molar-refractivity contribution in [3.8, 4) is 11.4 Å². The van der Waals surface area contributed by atoms with Crippen LogP contribution in [-0.4, -0.2) is 27.8 Å². The summed E-state index contributed by atoms with van der Waals surface area (Å²) in [4.78, 5) is 16.6. The molecule has 1 aromatic heterocycles. The first-order chi connectivity index (χ1) is 14.2. The SMILES string of the molecule is COc1ccc(Nc2ccccc2NC(=O)c2ccc(-n3cncn3)cc2)cc1. The first kappa shape index (κ1) is 18.2. The molecule has 29 heavy (non-hydrogen) atoms. The van der Waals surface area contributed by atoms with Crippen LogP contribution >= 0.6 is 0 Å². The highest BCUT2D eigenvalue weighted by atomic mass is 16.5. The van der Waals surface area contributed by atoms with E-state index in [9.17, 15) is 4.79 Å². The smallest absolute Gasteiger partial charge is 0.255 e. The number of amides is 1. The van der Waals surface area contributed by atoms with E-state index in [2.05, 4.69) is 20.7 Å². The Morgan fingerprint density at radius 2 is 1.66 bits per heavy atom. The molecule has 3 aromatic carbocycles. The molecule has 0 unspecified atom stereocenters. The van der Waals surface area contributed by atoms with Crippen molar-refractivity contribution in [2.75, 3.05) is 17.7 Å². The first-order valence-corrected chi connectivity index (χ1v) is 8.99. The summed E-state index contributed by atoms with van der Waals surface area (Å²) in [5.74, 6) is 0.589. The monoisotopic (exact) mass is 385 g/mol. The van der Waals surface area contributed by atoms with Crippen LogP contribution in [0.25, 0.3) is 5.69 Å². The van der Waals surface area contributed by atoms with Gasteiger partial charge in [-0.15, -0.1) is 0 Å². The molecule has 0 fully saturated rings. The van der Waals surface area contributed by atoms with Gasteiger partial charge in [0.1, 0.15) is 18.4 Å². The number of para-hydroxylation sites is 2. The van der Waals surface area contributed by atoms with Crippen LogP contribution in [0.2, 0.25) is 0 Å². The summed E-state index contributed by atoms with van der Waals surface area (Å²) in [5, 5.41) is 10.4. The second kappa shape index (κ2) is 8.26. The lowest BCUT2D eigenvalue weighted by Crippen LogP contribution is -2.13. The molecule has 7 heteroatoms. The fourth-order valence-electron chi connectivity index (χ4n) is 2.83. The summed E-state index contributed by atoms with van der Waals surface area (Å²) >= 11 is 0. The molecule has 0 saturated carbocycles. The van der Waals surface area contributed by atoms with Crippen LogP contribution in [0.5, 0.6) is 5.75 Å². The summed E-state index contributed by atoms with van der Waals surface area (Å²) < 4.78 is 6.82. The van der Waals surface area contributed by atoms with E-state index in [0.717, 1.165) is 22.8 Å². The maximum absolute atomic E-state index is 12.7. The topological polar surface area (TPSA) is 81.1 Å². The van der Waals surface area contributed by atoms with Crippen LogP contribution in [-0.2, 0) is 0 Å². The minimum atomic E-state index is -0.195. The Morgan fingerprint density at radius 3 is 2.31 bits per heavy atom. The van der Waals surface area contributed by atoms with E-state index in [-0.39, 0.29) is 5.91 Å². The third-order valence-corrected chi connectivity index (χ3v) is 4.36. The summed E-state index contributed by atoms with van der Waals surface area (Å²) in [6.45, 7) is 0. The van der Waals surface area contributed by atoms with E-state index in [1.165, 1.54) is 6.33 Å². The molecule has 0 aliphatic carbocycles. The van der Waals surface area contributed by atoms with Gasteiger partial charge in [0.05, 0.1) is 24.2 Å². The van der Waals surface area contributed by atoms with Crippen molar-refractivity contribution in [2.45, 2.75) is 0 Å². The van der Waals surface area contributed by atoms with Gasteiger partial charge >= 0.3 is 0 Å². The van der Waals surface area contributed by atoms with E-state index >= 15 is 0 Å². The van der Waals surface area contributed by atoms with E-state index in [4.69, 9.17) is 4.74 Å². The van der Waals surface area contributed by atoms with E-state index in [0.29, 0.717) is 11.3 Å². The fourth-order valence-corrected chi connectivity index (χ4v) is 2.83. The maximum Gasteiger partial charge on any atom is 0.255 e. The molecule has 7 nitrogen and oxygen atoms in total. The van der Waals surface area contributed by atoms with Crippen LogP contribution < -0.4 is 15.4 Å². The van der Waals surface area contributed by atoms with Gasteiger partial charge in [0, 0.05) is 11.3 Å². The van der Waals surface area contributed by atoms with E-state index in [1.807, 2.05) is 60.7 Å². The largest absolute Gasteiger partial charge is 0.497 e. The molecule has 0 bridgehead atoms. The molecule has 1 heterocycles. The minimum Gasteiger partial charge on any atom is -0.497 e. The molecular formula is C22H19N5O2. The summed E-state index contributed by atoms with van der Waals surface area (Å²) in [5.41, 5.74) is 3.76. The molecule has 4 aromatic rings. The number of carbonyl (C=O) groups is 1. The van der Waals surface area contributed by atoms with Crippen molar-refractivity contribution in [1.29, 1.82) is 0 Å². The van der Waals surface area contributed by atoms with Crippen molar-refractivity contribution >= 4 is 23.0 Å². The third kappa shape index (κ3) is 4.24. The van der Waals surface area contributed by atoms with Gasteiger partial charge < -0.3 is 15.4 Å². The Balaban J connectivity index is 1.49. The number of hydrogen-bond donors (Lipinski definition) is 2. The number of aromatic nitrogens is 3. The van der Waals surface area contributed by atoms with Crippen LogP contribution in [0.15, 0.2) is 85.5 Å². The number of methoxy groups -OCH3 is 1. The van der Waals surface area contributed by atoms with E-state index < -0.39 is 0 Å². The number of benzene rings is 3. The lowest BCUT2D eigenvalue weighted by atomic mass is 10.1. The van der Waals surface area contributed by atoms with Gasteiger partial charge in [-0.25, -0.2) is 9.67 Å². The van der Waals surface area contributed by atoms with Crippen molar-refractivity contribution in [3.05, 3.63) is 91.0 Å². The van der Waals surface area contributed by atoms with Gasteiger partial charge in [-0.3, -0.25) is 4.79 Å². The van der Waals surface area contributed by atoms with Crippen LogP contribution in [0.3, 0.4) is 0 Å². The lowest BCUT2D eigenvalue weighted by Gasteiger charge is -2.13. The highest BCUT2D eigenvalue weighted by Gasteiger charge is 2.10. The number of nitrogens with one attached hydrogen (secondary N) is 2. The quantitative estimate of drug-likeness (QED) is 0.518. The zero-order valence-corrected chi connectivity index (χ0v) is 15.7. The van der Waals surface area contributed by atoms with E-state index in [1.54, 1.807) is 30.3 Å². The normalized spacial score (nSPS) is 10.4. The van der Waals surface area contributed by atoms with Gasteiger partial charge in [0.2, 0.25) is 0 Å². The van der Waals surface area contributed by atoms with Gasteiger partial charge in [-0.2, -0.15) is 5.10 Å². The Morgan fingerprint density at radius 1 is 0.931 bits per heavy atom. The predicted molar refractivity (Wildman–Crippen MR) is 112 cm³/mol. The molecule has 0 saturated heterocycles. The second-order valence-electron chi connectivity index (χ2n) is 6.24. The minimum absolute atomic E-state index is 0.195. The molecule has 0 aliphatic heterocycles. The number of carbonyl (C=O) groups excluding carboxylic acids is 1. The van der Waals surface area contributed by atoms with Gasteiger partial charge in [-0.1, -0.05) is 12.1 Å². The standard InChI is InChI=1S/C22H19N5O2/c1-29-19-12-8-17(9-13-19)25-20-4-2-3-5-21(20)26-22(28)16-6-10-18(11-7-16)27-15-23-14-24-27/h2-15,25H,1H3,(H,26,28). The predicted octanol–water partition coefficient (Wildman–Crippen LogP) is 4.27. The Labute approximate surface area is 168 Å². The lowest BCUT2D eigenvalue weighted by molar-refractivity contribution is 0.102. The average molecular weight is 385 g/mol. The zero-order valence-electron chi connectivity index (χ0n) is 15.7. The van der Waals surface area contributed by atoms with Gasteiger partial charge in [0.15, 0.2) is 0 Å². The maximum atomic E-state index is 12.7. The average Bonchev–Trinajstić information content (AvgIpc) is 3.31. The molecule has 0 atom stereocenters. The number of rotatable bonds is 6. The van der Waals surface area contributed by atoms with Gasteiger partial charge in [-0.05, 0) is 60.7 Å². The fraction of sp³-hybridized carbons (Fsp3) is 0.0455. The Hall–Kier alpha value is -4.13. The molecule has 0 radical (unpaired) electrons. The van der Waals surface area contributed by atoms with Gasteiger partial charge in [0.25, 0.3) is 5.91 Å². The summed E-state index contributed by atoms with van der Waals surface area (Å²) in [6.07, 6.45) is 3.07. The van der Waals surface area contributed by atoms with Crippen LogP contribution in [0, 0.1) is 0 Å². The molecule has 144 valence electrons.